The van der Waals surface area contributed by atoms with Gasteiger partial charge in [-0.2, -0.15) is 4.98 Å². The van der Waals surface area contributed by atoms with E-state index in [1.54, 1.807) is 0 Å². The first kappa shape index (κ1) is 7.58. The average Bonchev–Trinajstić information content (AvgIpc) is 2.31. The SMILES string of the molecule is C#CCOc1nc(Br)cs1. The second kappa shape index (κ2) is 3.59. The lowest BCUT2D eigenvalue weighted by Gasteiger charge is -1.91. The molecule has 0 aliphatic heterocycles. The Hall–Kier alpha value is -0.530. The average molecular weight is 218 g/mol. The van der Waals surface area contributed by atoms with Crippen LogP contribution in [-0.4, -0.2) is 11.6 Å². The van der Waals surface area contributed by atoms with Crippen molar-refractivity contribution in [2.45, 2.75) is 0 Å². The fraction of sp³-hybridized carbons (Fsp3) is 0.167. The number of hydrogen-bond acceptors (Lipinski definition) is 3. The standard InChI is InChI=1S/C6H4BrNOS/c1-2-3-9-6-8-5(7)4-10-6/h1,4H,3H2. The van der Waals surface area contributed by atoms with Crippen molar-refractivity contribution in [2.24, 2.45) is 0 Å². The number of ether oxygens (including phenoxy) is 1. The summed E-state index contributed by atoms with van der Waals surface area (Å²) in [6, 6.07) is 0. The lowest BCUT2D eigenvalue weighted by atomic mass is 10.8. The van der Waals surface area contributed by atoms with Crippen LogP contribution >= 0.6 is 27.3 Å². The number of halogens is 1. The molecule has 0 fully saturated rings. The molecule has 4 heteroatoms. The molecule has 0 aliphatic rings. The van der Waals surface area contributed by atoms with Gasteiger partial charge in [0.15, 0.2) is 6.61 Å². The van der Waals surface area contributed by atoms with Crippen molar-refractivity contribution in [3.63, 3.8) is 0 Å². The van der Waals surface area contributed by atoms with E-state index in [0.717, 1.165) is 4.60 Å². The quantitative estimate of drug-likeness (QED) is 0.707. The first-order chi connectivity index (χ1) is 4.83. The van der Waals surface area contributed by atoms with Crippen LogP contribution in [0.25, 0.3) is 0 Å². The van der Waals surface area contributed by atoms with Crippen LogP contribution in [0.4, 0.5) is 0 Å². The Morgan fingerprint density at radius 3 is 3.20 bits per heavy atom. The summed E-state index contributed by atoms with van der Waals surface area (Å²) in [6.07, 6.45) is 4.97. The highest BCUT2D eigenvalue weighted by molar-refractivity contribution is 9.10. The zero-order valence-electron chi connectivity index (χ0n) is 5.00. The summed E-state index contributed by atoms with van der Waals surface area (Å²) in [5.41, 5.74) is 0. The van der Waals surface area contributed by atoms with E-state index >= 15 is 0 Å². The van der Waals surface area contributed by atoms with Gasteiger partial charge in [0.1, 0.15) is 4.60 Å². The van der Waals surface area contributed by atoms with Gasteiger partial charge in [0, 0.05) is 5.38 Å². The molecule has 0 unspecified atom stereocenters. The van der Waals surface area contributed by atoms with Crippen molar-refractivity contribution in [1.29, 1.82) is 0 Å². The summed E-state index contributed by atoms with van der Waals surface area (Å²) in [4.78, 5) is 3.97. The molecule has 52 valence electrons. The van der Waals surface area contributed by atoms with E-state index in [1.807, 2.05) is 5.38 Å². The van der Waals surface area contributed by atoms with Crippen LogP contribution in [0.5, 0.6) is 5.19 Å². The van der Waals surface area contributed by atoms with Gasteiger partial charge < -0.3 is 4.74 Å². The Kier molecular flexibility index (Phi) is 2.72. The summed E-state index contributed by atoms with van der Waals surface area (Å²) in [6.45, 7) is 0.278. The zero-order valence-corrected chi connectivity index (χ0v) is 7.41. The van der Waals surface area contributed by atoms with Gasteiger partial charge in [0.05, 0.1) is 0 Å². The van der Waals surface area contributed by atoms with Crippen molar-refractivity contribution < 1.29 is 4.74 Å². The van der Waals surface area contributed by atoms with E-state index in [2.05, 4.69) is 26.8 Å². The predicted molar refractivity (Wildman–Crippen MR) is 44.1 cm³/mol. The highest BCUT2D eigenvalue weighted by Crippen LogP contribution is 2.21. The number of nitrogens with zero attached hydrogens (tertiary/aromatic N) is 1. The van der Waals surface area contributed by atoms with Gasteiger partial charge in [-0.3, -0.25) is 0 Å². The molecule has 10 heavy (non-hydrogen) atoms. The van der Waals surface area contributed by atoms with Gasteiger partial charge in [-0.15, -0.1) is 6.42 Å². The number of thiazole rings is 1. The molecule has 1 aromatic rings. The molecule has 0 saturated heterocycles. The number of rotatable bonds is 2. The van der Waals surface area contributed by atoms with Crippen molar-refractivity contribution in [3.8, 4) is 17.5 Å². The third-order valence-electron chi connectivity index (χ3n) is 0.734. The fourth-order valence-electron chi connectivity index (χ4n) is 0.409. The highest BCUT2D eigenvalue weighted by Gasteiger charge is 1.96. The van der Waals surface area contributed by atoms with Crippen molar-refractivity contribution in [3.05, 3.63) is 9.98 Å². The molecule has 0 bridgehead atoms. The number of terminal acetylenes is 1. The third kappa shape index (κ3) is 2.01. The Balaban J connectivity index is 2.52. The molecular weight excluding hydrogens is 214 g/mol. The van der Waals surface area contributed by atoms with E-state index in [4.69, 9.17) is 11.2 Å². The summed E-state index contributed by atoms with van der Waals surface area (Å²) < 4.78 is 5.80. The van der Waals surface area contributed by atoms with E-state index in [1.165, 1.54) is 11.3 Å². The van der Waals surface area contributed by atoms with Crippen LogP contribution in [0.2, 0.25) is 0 Å². The van der Waals surface area contributed by atoms with E-state index < -0.39 is 0 Å². The van der Waals surface area contributed by atoms with Crippen LogP contribution in [0, 0.1) is 12.3 Å². The first-order valence-electron chi connectivity index (χ1n) is 2.50. The normalized spacial score (nSPS) is 8.80. The molecular formula is C6H4BrNOS. The topological polar surface area (TPSA) is 22.1 Å². The molecule has 1 aromatic heterocycles. The molecule has 0 N–H and O–H groups in total. The van der Waals surface area contributed by atoms with Crippen LogP contribution in [0.1, 0.15) is 0 Å². The first-order valence-corrected chi connectivity index (χ1v) is 4.17. The number of aromatic nitrogens is 1. The minimum atomic E-state index is 0.278. The second-order valence-electron chi connectivity index (χ2n) is 1.43. The number of hydrogen-bond donors (Lipinski definition) is 0. The second-order valence-corrected chi connectivity index (χ2v) is 3.06. The van der Waals surface area contributed by atoms with Crippen LogP contribution in [-0.2, 0) is 0 Å². The lowest BCUT2D eigenvalue weighted by Crippen LogP contribution is -1.91. The van der Waals surface area contributed by atoms with Gasteiger partial charge in [0.2, 0.25) is 0 Å². The Morgan fingerprint density at radius 1 is 1.90 bits per heavy atom. The van der Waals surface area contributed by atoms with E-state index in [9.17, 15) is 0 Å². The summed E-state index contributed by atoms with van der Waals surface area (Å²) in [5, 5.41) is 2.44. The minimum absolute atomic E-state index is 0.278. The van der Waals surface area contributed by atoms with Crippen LogP contribution < -0.4 is 4.74 Å². The van der Waals surface area contributed by atoms with Crippen molar-refractivity contribution in [2.75, 3.05) is 6.61 Å². The molecule has 0 radical (unpaired) electrons. The molecule has 1 heterocycles. The smallest absolute Gasteiger partial charge is 0.275 e. The highest BCUT2D eigenvalue weighted by atomic mass is 79.9. The molecule has 2 nitrogen and oxygen atoms in total. The summed E-state index contributed by atoms with van der Waals surface area (Å²) in [5.74, 6) is 2.35. The molecule has 0 aliphatic carbocycles. The molecule has 0 amide bonds. The predicted octanol–water partition coefficient (Wildman–Crippen LogP) is 1.92. The van der Waals surface area contributed by atoms with Crippen LogP contribution in [0.15, 0.2) is 9.98 Å². The van der Waals surface area contributed by atoms with Gasteiger partial charge in [0.25, 0.3) is 5.19 Å². The molecule has 0 atom stereocenters. The minimum Gasteiger partial charge on any atom is -0.457 e. The van der Waals surface area contributed by atoms with Crippen molar-refractivity contribution in [1.82, 2.24) is 4.98 Å². The fourth-order valence-corrected chi connectivity index (χ4v) is 1.50. The van der Waals surface area contributed by atoms with Gasteiger partial charge in [-0.05, 0) is 15.9 Å². The molecule has 0 aromatic carbocycles. The Bertz CT molecular complexity index is 252. The van der Waals surface area contributed by atoms with Gasteiger partial charge in [-0.25, -0.2) is 0 Å². The van der Waals surface area contributed by atoms with Crippen molar-refractivity contribution >= 4 is 27.3 Å². The monoisotopic (exact) mass is 217 g/mol. The van der Waals surface area contributed by atoms with Gasteiger partial charge >= 0.3 is 0 Å². The summed E-state index contributed by atoms with van der Waals surface area (Å²) in [7, 11) is 0. The summed E-state index contributed by atoms with van der Waals surface area (Å²) >= 11 is 4.61. The molecule has 1 rings (SSSR count). The lowest BCUT2D eigenvalue weighted by molar-refractivity contribution is 0.367. The van der Waals surface area contributed by atoms with E-state index in [0.29, 0.717) is 5.19 Å². The molecule has 0 spiro atoms. The maximum atomic E-state index is 5.02. The Morgan fingerprint density at radius 2 is 2.70 bits per heavy atom. The molecule has 0 saturated carbocycles. The third-order valence-corrected chi connectivity index (χ3v) is 2.20. The zero-order chi connectivity index (χ0) is 7.40. The largest absolute Gasteiger partial charge is 0.457 e. The van der Waals surface area contributed by atoms with E-state index in [-0.39, 0.29) is 6.61 Å². The van der Waals surface area contributed by atoms with Crippen LogP contribution in [0.3, 0.4) is 0 Å². The maximum absolute atomic E-state index is 5.02. The Labute approximate surface area is 71.4 Å². The maximum Gasteiger partial charge on any atom is 0.275 e. The van der Waals surface area contributed by atoms with Gasteiger partial charge in [-0.1, -0.05) is 17.3 Å².